The number of nitrogens with one attached hydrogen (secondary N) is 1. The summed E-state index contributed by atoms with van der Waals surface area (Å²) in [6, 6.07) is 23.5. The van der Waals surface area contributed by atoms with Crippen LogP contribution >= 0.6 is 0 Å². The molecule has 1 amide bonds. The van der Waals surface area contributed by atoms with Gasteiger partial charge < -0.3 is 10.2 Å². The molecule has 5 heteroatoms. The fourth-order valence-electron chi connectivity index (χ4n) is 5.75. The van der Waals surface area contributed by atoms with Crippen molar-refractivity contribution in [3.05, 3.63) is 102 Å². The topological polar surface area (TPSA) is 45.2 Å². The molecule has 0 radical (unpaired) electrons. The van der Waals surface area contributed by atoms with E-state index in [9.17, 15) is 9.18 Å². The molecule has 0 unspecified atom stereocenters. The van der Waals surface area contributed by atoms with Crippen LogP contribution in [0.5, 0.6) is 0 Å². The van der Waals surface area contributed by atoms with Gasteiger partial charge in [-0.25, -0.2) is 4.39 Å². The summed E-state index contributed by atoms with van der Waals surface area (Å²) in [4.78, 5) is 19.9. The second kappa shape index (κ2) is 9.84. The Hall–Kier alpha value is -3.05. The molecule has 5 rings (SSSR count). The predicted molar refractivity (Wildman–Crippen MR) is 127 cm³/mol. The number of halogens is 1. The van der Waals surface area contributed by atoms with Crippen LogP contribution in [-0.2, 0) is 17.9 Å². The molecule has 1 aromatic heterocycles. The Balaban J connectivity index is 1.43. The zero-order valence-corrected chi connectivity index (χ0v) is 18.7. The SMILES string of the molecule is O=C1C[C@H](c2ccccc2)[C@H]2[C@@H](NCc3ccccn3)CCC[C@H]2N1Cc1ccc(F)cc1. The number of carbonyl (C=O) groups is 1. The molecule has 1 N–H and O–H groups in total. The average molecular weight is 444 g/mol. The second-order valence-electron chi connectivity index (χ2n) is 9.25. The molecule has 0 spiro atoms. The highest BCUT2D eigenvalue weighted by atomic mass is 19.1. The maximum absolute atomic E-state index is 13.4. The minimum Gasteiger partial charge on any atom is -0.335 e. The van der Waals surface area contributed by atoms with Crippen LogP contribution in [0.1, 0.15) is 48.4 Å². The molecule has 1 aliphatic carbocycles. The molecule has 1 saturated heterocycles. The van der Waals surface area contributed by atoms with Crippen molar-refractivity contribution >= 4 is 5.91 Å². The molecule has 2 fully saturated rings. The molecular weight excluding hydrogens is 413 g/mol. The molecule has 2 aromatic carbocycles. The molecule has 4 nitrogen and oxygen atoms in total. The highest BCUT2D eigenvalue weighted by molar-refractivity contribution is 5.79. The first kappa shape index (κ1) is 21.8. The molecule has 0 bridgehead atoms. The summed E-state index contributed by atoms with van der Waals surface area (Å²) in [6.07, 6.45) is 5.51. The van der Waals surface area contributed by atoms with Crippen LogP contribution in [0.25, 0.3) is 0 Å². The Morgan fingerprint density at radius 2 is 1.76 bits per heavy atom. The van der Waals surface area contributed by atoms with Gasteiger partial charge in [-0.3, -0.25) is 9.78 Å². The van der Waals surface area contributed by atoms with Gasteiger partial charge in [-0.05, 0) is 60.6 Å². The number of amides is 1. The smallest absolute Gasteiger partial charge is 0.223 e. The minimum atomic E-state index is -0.248. The lowest BCUT2D eigenvalue weighted by molar-refractivity contribution is -0.143. The summed E-state index contributed by atoms with van der Waals surface area (Å²) in [5, 5.41) is 3.79. The van der Waals surface area contributed by atoms with Crippen LogP contribution in [0.4, 0.5) is 4.39 Å². The molecular formula is C28H30FN3O. The van der Waals surface area contributed by atoms with Gasteiger partial charge in [-0.2, -0.15) is 0 Å². The normalized spacial score (nSPS) is 25.0. The molecule has 2 aliphatic rings. The zero-order valence-electron chi connectivity index (χ0n) is 18.7. The van der Waals surface area contributed by atoms with Crippen molar-refractivity contribution in [1.29, 1.82) is 0 Å². The molecule has 33 heavy (non-hydrogen) atoms. The maximum Gasteiger partial charge on any atom is 0.223 e. The molecule has 1 saturated carbocycles. The van der Waals surface area contributed by atoms with Crippen molar-refractivity contribution in [2.75, 3.05) is 0 Å². The van der Waals surface area contributed by atoms with Gasteiger partial charge in [0.15, 0.2) is 0 Å². The van der Waals surface area contributed by atoms with Crippen molar-refractivity contribution in [2.45, 2.75) is 56.8 Å². The Labute approximate surface area is 194 Å². The van der Waals surface area contributed by atoms with Gasteiger partial charge in [-0.1, -0.05) is 48.5 Å². The first-order valence-corrected chi connectivity index (χ1v) is 11.9. The van der Waals surface area contributed by atoms with Crippen LogP contribution in [0.15, 0.2) is 79.0 Å². The number of likely N-dealkylation sites (tertiary alicyclic amines) is 1. The van der Waals surface area contributed by atoms with E-state index >= 15 is 0 Å². The van der Waals surface area contributed by atoms with Crippen LogP contribution < -0.4 is 5.32 Å². The molecule has 2 heterocycles. The van der Waals surface area contributed by atoms with E-state index in [1.165, 1.54) is 17.7 Å². The van der Waals surface area contributed by atoms with Crippen molar-refractivity contribution in [1.82, 2.24) is 15.2 Å². The zero-order chi connectivity index (χ0) is 22.6. The summed E-state index contributed by atoms with van der Waals surface area (Å²) in [7, 11) is 0. The third kappa shape index (κ3) is 4.83. The average Bonchev–Trinajstić information content (AvgIpc) is 2.86. The van der Waals surface area contributed by atoms with Crippen LogP contribution in [-0.4, -0.2) is 27.9 Å². The summed E-state index contributed by atoms with van der Waals surface area (Å²) in [5.41, 5.74) is 3.25. The molecule has 3 aromatic rings. The monoisotopic (exact) mass is 443 g/mol. The lowest BCUT2D eigenvalue weighted by Gasteiger charge is -2.51. The van der Waals surface area contributed by atoms with Gasteiger partial charge in [-0.15, -0.1) is 0 Å². The van der Waals surface area contributed by atoms with Crippen molar-refractivity contribution < 1.29 is 9.18 Å². The predicted octanol–water partition coefficient (Wildman–Crippen LogP) is 5.06. The van der Waals surface area contributed by atoms with Crippen molar-refractivity contribution in [3.63, 3.8) is 0 Å². The minimum absolute atomic E-state index is 0.163. The third-order valence-electron chi connectivity index (χ3n) is 7.27. The fourth-order valence-corrected chi connectivity index (χ4v) is 5.75. The number of rotatable bonds is 6. The van der Waals surface area contributed by atoms with E-state index < -0.39 is 0 Å². The van der Waals surface area contributed by atoms with E-state index in [1.54, 1.807) is 12.1 Å². The van der Waals surface area contributed by atoms with Gasteiger partial charge in [0.1, 0.15) is 5.82 Å². The van der Waals surface area contributed by atoms with Crippen molar-refractivity contribution in [2.24, 2.45) is 5.92 Å². The summed E-state index contributed by atoms with van der Waals surface area (Å²) >= 11 is 0. The van der Waals surface area contributed by atoms with E-state index in [-0.39, 0.29) is 23.7 Å². The van der Waals surface area contributed by atoms with E-state index in [0.29, 0.717) is 24.9 Å². The summed E-state index contributed by atoms with van der Waals surface area (Å²) < 4.78 is 13.4. The fraction of sp³-hybridized carbons (Fsp3) is 0.357. The first-order valence-electron chi connectivity index (χ1n) is 11.9. The largest absolute Gasteiger partial charge is 0.335 e. The van der Waals surface area contributed by atoms with E-state index in [4.69, 9.17) is 0 Å². The Kier molecular flexibility index (Phi) is 6.49. The number of hydrogen-bond donors (Lipinski definition) is 1. The quantitative estimate of drug-likeness (QED) is 0.579. The molecule has 170 valence electrons. The highest BCUT2D eigenvalue weighted by Crippen LogP contribution is 2.45. The first-order chi connectivity index (χ1) is 16.2. The number of aromatic nitrogens is 1. The number of fused-ring (bicyclic) bond motifs is 1. The van der Waals surface area contributed by atoms with E-state index in [1.807, 2.05) is 30.5 Å². The standard InChI is InChI=1S/C28H30FN3O/c29-22-14-12-20(13-15-22)19-32-26-11-6-10-25(31-18-23-9-4-5-16-30-23)28(26)24(17-27(32)33)21-7-2-1-3-8-21/h1-5,7-9,12-16,24-26,28,31H,6,10-11,17-19H2/t24-,25+,26-,28+/m1/s1. The van der Waals surface area contributed by atoms with Gasteiger partial charge >= 0.3 is 0 Å². The third-order valence-corrected chi connectivity index (χ3v) is 7.27. The Morgan fingerprint density at radius 1 is 0.970 bits per heavy atom. The van der Waals surface area contributed by atoms with E-state index in [2.05, 4.69) is 39.5 Å². The number of carbonyl (C=O) groups excluding carboxylic acids is 1. The van der Waals surface area contributed by atoms with Gasteiger partial charge in [0, 0.05) is 43.7 Å². The van der Waals surface area contributed by atoms with E-state index in [0.717, 1.165) is 37.1 Å². The van der Waals surface area contributed by atoms with Gasteiger partial charge in [0.05, 0.1) is 5.69 Å². The lowest BCUT2D eigenvalue weighted by atomic mass is 9.66. The van der Waals surface area contributed by atoms with Crippen LogP contribution in [0.2, 0.25) is 0 Å². The second-order valence-corrected chi connectivity index (χ2v) is 9.25. The number of piperidine rings is 1. The number of hydrogen-bond acceptors (Lipinski definition) is 3. The van der Waals surface area contributed by atoms with Gasteiger partial charge in [0.25, 0.3) is 0 Å². The van der Waals surface area contributed by atoms with Crippen molar-refractivity contribution in [3.8, 4) is 0 Å². The number of nitrogens with zero attached hydrogens (tertiary/aromatic N) is 2. The van der Waals surface area contributed by atoms with Crippen LogP contribution in [0, 0.1) is 11.7 Å². The Morgan fingerprint density at radius 3 is 2.52 bits per heavy atom. The summed E-state index contributed by atoms with van der Waals surface area (Å²) in [5.74, 6) is 0.458. The summed E-state index contributed by atoms with van der Waals surface area (Å²) in [6.45, 7) is 1.26. The Bertz CT molecular complexity index is 1060. The lowest BCUT2D eigenvalue weighted by Crippen LogP contribution is -2.59. The highest BCUT2D eigenvalue weighted by Gasteiger charge is 2.47. The maximum atomic E-state index is 13.4. The molecule has 1 aliphatic heterocycles. The molecule has 4 atom stereocenters. The van der Waals surface area contributed by atoms with Gasteiger partial charge in [0.2, 0.25) is 5.91 Å². The number of pyridine rings is 1. The number of benzene rings is 2. The van der Waals surface area contributed by atoms with Crippen LogP contribution in [0.3, 0.4) is 0 Å².